The highest BCUT2D eigenvalue weighted by Crippen LogP contribution is 2.49. The van der Waals surface area contributed by atoms with Crippen molar-refractivity contribution in [2.75, 3.05) is 5.73 Å². The van der Waals surface area contributed by atoms with Crippen LogP contribution in [0.15, 0.2) is 6.07 Å². The van der Waals surface area contributed by atoms with Gasteiger partial charge in [0.2, 0.25) is 0 Å². The summed E-state index contributed by atoms with van der Waals surface area (Å²) in [4.78, 5) is 6.30. The predicted molar refractivity (Wildman–Crippen MR) is 97.5 cm³/mol. The van der Waals surface area contributed by atoms with Crippen molar-refractivity contribution in [3.63, 3.8) is 0 Å². The molecule has 122 valence electrons. The van der Waals surface area contributed by atoms with Gasteiger partial charge in [-0.1, -0.05) is 34.6 Å². The smallest absolute Gasteiger partial charge is 0.130 e. The first-order valence-electron chi connectivity index (χ1n) is 8.26. The van der Waals surface area contributed by atoms with Gasteiger partial charge in [-0.25, -0.2) is 4.98 Å². The minimum Gasteiger partial charge on any atom is -0.396 e. The minimum absolute atomic E-state index is 0.262. The number of hydrogen-bond acceptors (Lipinski definition) is 4. The van der Waals surface area contributed by atoms with Crippen LogP contribution in [0.2, 0.25) is 0 Å². The maximum absolute atomic E-state index is 9.18. The molecule has 0 amide bonds. The molecule has 0 fully saturated rings. The van der Waals surface area contributed by atoms with E-state index in [1.54, 1.807) is 0 Å². The van der Waals surface area contributed by atoms with Gasteiger partial charge in [-0.05, 0) is 47.6 Å². The van der Waals surface area contributed by atoms with Crippen LogP contribution in [0, 0.1) is 28.1 Å². The molecule has 0 saturated heterocycles. The number of thiophene rings is 1. The van der Waals surface area contributed by atoms with Gasteiger partial charge in [-0.3, -0.25) is 0 Å². The molecule has 0 radical (unpaired) electrons. The predicted octanol–water partition coefficient (Wildman–Crippen LogP) is 4.93. The summed E-state index contributed by atoms with van der Waals surface area (Å²) >= 11 is 1.41. The first-order chi connectivity index (χ1) is 10.6. The van der Waals surface area contributed by atoms with Gasteiger partial charge in [0.15, 0.2) is 0 Å². The molecule has 1 aliphatic carbocycles. The van der Waals surface area contributed by atoms with Crippen molar-refractivity contribution >= 4 is 27.2 Å². The topological polar surface area (TPSA) is 62.7 Å². The molecule has 0 bridgehead atoms. The van der Waals surface area contributed by atoms with E-state index in [4.69, 9.17) is 10.7 Å². The molecule has 1 aliphatic rings. The fraction of sp³-hybridized carbons (Fsp3) is 0.579. The molecule has 0 aromatic carbocycles. The number of pyridine rings is 1. The summed E-state index contributed by atoms with van der Waals surface area (Å²) in [6.07, 6.45) is 3.26. The SMILES string of the molecule is CC(C)(C)C(C)(C)C1CCc2nc3sc(C#N)c(N)c3cc2C1. The van der Waals surface area contributed by atoms with Gasteiger partial charge in [-0.15, -0.1) is 11.3 Å². The highest BCUT2D eigenvalue weighted by Gasteiger charge is 2.41. The minimum atomic E-state index is 0.262. The van der Waals surface area contributed by atoms with Crippen molar-refractivity contribution in [2.24, 2.45) is 16.7 Å². The highest BCUT2D eigenvalue weighted by molar-refractivity contribution is 7.19. The number of nitriles is 1. The van der Waals surface area contributed by atoms with Crippen LogP contribution in [0.4, 0.5) is 5.69 Å². The number of aryl methyl sites for hydroxylation is 1. The molecular weight excluding hydrogens is 302 g/mol. The lowest BCUT2D eigenvalue weighted by molar-refractivity contribution is 0.0459. The van der Waals surface area contributed by atoms with Gasteiger partial charge >= 0.3 is 0 Å². The molecule has 2 N–H and O–H groups in total. The molecule has 0 spiro atoms. The molecule has 2 aromatic heterocycles. The normalized spacial score (nSPS) is 18.7. The van der Waals surface area contributed by atoms with Crippen molar-refractivity contribution in [3.8, 4) is 6.07 Å². The summed E-state index contributed by atoms with van der Waals surface area (Å²) < 4.78 is 0. The number of hydrogen-bond donors (Lipinski definition) is 1. The number of nitrogen functional groups attached to an aromatic ring is 1. The van der Waals surface area contributed by atoms with Crippen LogP contribution in [0.3, 0.4) is 0 Å². The van der Waals surface area contributed by atoms with E-state index < -0.39 is 0 Å². The van der Waals surface area contributed by atoms with E-state index in [0.29, 0.717) is 16.5 Å². The van der Waals surface area contributed by atoms with Gasteiger partial charge in [0.1, 0.15) is 15.8 Å². The van der Waals surface area contributed by atoms with Crippen LogP contribution in [0.1, 0.15) is 57.2 Å². The van der Waals surface area contributed by atoms with Crippen molar-refractivity contribution in [1.29, 1.82) is 5.26 Å². The van der Waals surface area contributed by atoms with E-state index in [9.17, 15) is 5.26 Å². The van der Waals surface area contributed by atoms with Gasteiger partial charge in [0.25, 0.3) is 0 Å². The summed E-state index contributed by atoms with van der Waals surface area (Å²) in [5.41, 5.74) is 9.76. The number of aromatic nitrogens is 1. The number of rotatable bonds is 1. The Morgan fingerprint density at radius 1 is 1.30 bits per heavy atom. The summed E-state index contributed by atoms with van der Waals surface area (Å²) in [6, 6.07) is 4.37. The average Bonchev–Trinajstić information content (AvgIpc) is 2.79. The number of nitrogens with two attached hydrogens (primary N) is 1. The zero-order valence-corrected chi connectivity index (χ0v) is 15.5. The highest BCUT2D eigenvalue weighted by atomic mass is 32.1. The van der Waals surface area contributed by atoms with Crippen LogP contribution in [-0.4, -0.2) is 4.98 Å². The molecule has 2 heterocycles. The summed E-state index contributed by atoms with van der Waals surface area (Å²) in [6.45, 7) is 11.8. The van der Waals surface area contributed by atoms with E-state index in [0.717, 1.165) is 23.1 Å². The Labute approximate surface area is 142 Å². The Kier molecular flexibility index (Phi) is 3.68. The van der Waals surface area contributed by atoms with E-state index >= 15 is 0 Å². The monoisotopic (exact) mass is 327 g/mol. The summed E-state index contributed by atoms with van der Waals surface area (Å²) in [7, 11) is 0. The van der Waals surface area contributed by atoms with Crippen LogP contribution in [0.25, 0.3) is 10.2 Å². The zero-order valence-electron chi connectivity index (χ0n) is 14.7. The molecule has 1 unspecified atom stereocenters. The standard InChI is InChI=1S/C19H25N3S/c1-18(2,3)19(4,5)12-6-7-14-11(8-12)9-13-16(21)15(10-20)23-17(13)22-14/h9,12H,6-8,21H2,1-5H3. The maximum atomic E-state index is 9.18. The lowest BCUT2D eigenvalue weighted by Crippen LogP contribution is -2.40. The Bertz CT molecular complexity index is 803. The van der Waals surface area contributed by atoms with E-state index in [1.807, 2.05) is 0 Å². The van der Waals surface area contributed by atoms with E-state index in [2.05, 4.69) is 46.8 Å². The lowest BCUT2D eigenvalue weighted by atomic mass is 9.58. The second-order valence-electron chi connectivity index (χ2n) is 8.31. The number of anilines is 1. The van der Waals surface area contributed by atoms with E-state index in [1.165, 1.54) is 29.0 Å². The third-order valence-corrected chi connectivity index (χ3v) is 7.16. The Balaban J connectivity index is 2.02. The first kappa shape index (κ1) is 16.3. The van der Waals surface area contributed by atoms with Crippen molar-refractivity contribution < 1.29 is 0 Å². The first-order valence-corrected chi connectivity index (χ1v) is 9.07. The Hall–Kier alpha value is -1.60. The number of nitrogens with zero attached hydrogens (tertiary/aromatic N) is 2. The fourth-order valence-corrected chi connectivity index (χ4v) is 4.40. The van der Waals surface area contributed by atoms with Gasteiger partial charge in [-0.2, -0.15) is 5.26 Å². The zero-order chi connectivity index (χ0) is 17.0. The second-order valence-corrected chi connectivity index (χ2v) is 9.31. The second kappa shape index (κ2) is 5.21. The van der Waals surface area contributed by atoms with Crippen LogP contribution in [0.5, 0.6) is 0 Å². The maximum Gasteiger partial charge on any atom is 0.130 e. The molecule has 4 heteroatoms. The van der Waals surface area contributed by atoms with Gasteiger partial charge < -0.3 is 5.73 Å². The molecule has 3 nitrogen and oxygen atoms in total. The third kappa shape index (κ3) is 2.52. The van der Waals surface area contributed by atoms with Crippen molar-refractivity contribution in [3.05, 3.63) is 22.2 Å². The summed E-state index contributed by atoms with van der Waals surface area (Å²) in [5, 5.41) is 10.1. The van der Waals surface area contributed by atoms with E-state index in [-0.39, 0.29) is 10.8 Å². The Morgan fingerprint density at radius 2 is 2.00 bits per heavy atom. The van der Waals surface area contributed by atoms with Gasteiger partial charge in [0, 0.05) is 11.1 Å². The van der Waals surface area contributed by atoms with Crippen LogP contribution in [-0.2, 0) is 12.8 Å². The van der Waals surface area contributed by atoms with Gasteiger partial charge in [0.05, 0.1) is 5.69 Å². The average molecular weight is 327 g/mol. The van der Waals surface area contributed by atoms with Crippen molar-refractivity contribution in [2.45, 2.75) is 53.9 Å². The number of fused-ring (bicyclic) bond motifs is 2. The van der Waals surface area contributed by atoms with Crippen LogP contribution >= 0.6 is 11.3 Å². The van der Waals surface area contributed by atoms with Crippen LogP contribution < -0.4 is 5.73 Å². The largest absolute Gasteiger partial charge is 0.396 e. The molecule has 23 heavy (non-hydrogen) atoms. The molecule has 0 saturated carbocycles. The molecule has 1 atom stereocenters. The molecular formula is C19H25N3S. The lowest BCUT2D eigenvalue weighted by Gasteiger charge is -2.47. The third-order valence-electron chi connectivity index (χ3n) is 6.14. The fourth-order valence-electron chi connectivity index (χ4n) is 3.50. The Morgan fingerprint density at radius 3 is 2.61 bits per heavy atom. The molecule has 3 rings (SSSR count). The molecule has 2 aromatic rings. The molecule has 0 aliphatic heterocycles. The van der Waals surface area contributed by atoms with Crippen molar-refractivity contribution in [1.82, 2.24) is 4.98 Å². The quantitative estimate of drug-likeness (QED) is 0.808. The summed E-state index contributed by atoms with van der Waals surface area (Å²) in [5.74, 6) is 0.643.